The van der Waals surface area contributed by atoms with Crippen LogP contribution in [0.2, 0.25) is 0 Å². The van der Waals surface area contributed by atoms with Gasteiger partial charge in [-0.2, -0.15) is 13.2 Å². The van der Waals surface area contributed by atoms with Gasteiger partial charge in [0.15, 0.2) is 0 Å². The molecule has 1 aromatic rings. The third kappa shape index (κ3) is 4.59. The van der Waals surface area contributed by atoms with Crippen molar-refractivity contribution in [2.24, 2.45) is 11.7 Å². The van der Waals surface area contributed by atoms with E-state index in [1.807, 2.05) is 0 Å². The molecule has 0 aliphatic heterocycles. The Morgan fingerprint density at radius 3 is 2.52 bits per heavy atom. The van der Waals surface area contributed by atoms with Crippen molar-refractivity contribution < 1.29 is 21.6 Å². The number of hydrogen-bond donors (Lipinski definition) is 2. The third-order valence-corrected chi connectivity index (χ3v) is 5.58. The zero-order valence-electron chi connectivity index (χ0n) is 12.6. The molecule has 2 rings (SSSR count). The first-order valence-electron chi connectivity index (χ1n) is 7.05. The Morgan fingerprint density at radius 2 is 1.96 bits per heavy atom. The summed E-state index contributed by atoms with van der Waals surface area (Å²) >= 11 is 0. The van der Waals surface area contributed by atoms with Gasteiger partial charge in [0.2, 0.25) is 10.0 Å². The summed E-state index contributed by atoms with van der Waals surface area (Å²) in [6, 6.07) is 2.74. The topological polar surface area (TPSA) is 72.2 Å². The van der Waals surface area contributed by atoms with E-state index < -0.39 is 21.8 Å². The number of nitrogens with one attached hydrogen (secondary N) is 1. The fraction of sp³-hybridized carbons (Fsp3) is 0.571. The molecule has 1 aliphatic rings. The van der Waals surface area contributed by atoms with Gasteiger partial charge in [0.05, 0.1) is 10.5 Å². The Hall–Kier alpha value is -0.830. The maximum atomic E-state index is 12.9. The largest absolute Gasteiger partial charge is 0.416 e. The number of benzene rings is 1. The molecule has 1 aromatic carbocycles. The van der Waals surface area contributed by atoms with Gasteiger partial charge in [-0.3, -0.25) is 0 Å². The first-order valence-corrected chi connectivity index (χ1v) is 8.53. The highest BCUT2D eigenvalue weighted by Crippen LogP contribution is 2.33. The van der Waals surface area contributed by atoms with Crippen LogP contribution in [0.3, 0.4) is 0 Å². The maximum absolute atomic E-state index is 12.9. The number of rotatable bonds is 4. The predicted octanol–water partition coefficient (Wildman–Crippen LogP) is 2.84. The van der Waals surface area contributed by atoms with Gasteiger partial charge in [-0.05, 0) is 49.9 Å². The summed E-state index contributed by atoms with van der Waals surface area (Å²) in [5.41, 5.74) is 4.66. The fourth-order valence-electron chi connectivity index (χ4n) is 2.82. The van der Waals surface area contributed by atoms with Crippen LogP contribution in [-0.4, -0.2) is 21.0 Å². The van der Waals surface area contributed by atoms with E-state index >= 15 is 0 Å². The average molecular weight is 373 g/mol. The van der Waals surface area contributed by atoms with Gasteiger partial charge < -0.3 is 5.73 Å². The SMILES string of the molecule is Cc1ccc(S(=O)(=O)NC2CCCC2CN)cc1C(F)(F)F.Cl. The second kappa shape index (κ2) is 7.38. The Kier molecular flexibility index (Phi) is 6.48. The molecule has 2 unspecified atom stereocenters. The van der Waals surface area contributed by atoms with Gasteiger partial charge in [-0.1, -0.05) is 12.5 Å². The molecule has 23 heavy (non-hydrogen) atoms. The number of hydrogen-bond acceptors (Lipinski definition) is 3. The van der Waals surface area contributed by atoms with Crippen molar-refractivity contribution in [2.75, 3.05) is 6.54 Å². The Balaban J connectivity index is 0.00000264. The minimum atomic E-state index is -4.58. The number of sulfonamides is 1. The van der Waals surface area contributed by atoms with Gasteiger partial charge in [-0.25, -0.2) is 13.1 Å². The summed E-state index contributed by atoms with van der Waals surface area (Å²) in [5, 5.41) is 0. The standard InChI is InChI=1S/C14H19F3N2O2S.ClH/c1-9-5-6-11(7-12(9)14(15,16)17)22(20,21)19-13-4-2-3-10(13)8-18;/h5-7,10,13,19H,2-4,8,18H2,1H3;1H. The highest BCUT2D eigenvalue weighted by molar-refractivity contribution is 7.89. The lowest BCUT2D eigenvalue weighted by Crippen LogP contribution is -2.39. The van der Waals surface area contributed by atoms with E-state index in [4.69, 9.17) is 5.73 Å². The molecule has 0 spiro atoms. The summed E-state index contributed by atoms with van der Waals surface area (Å²) in [7, 11) is -3.99. The van der Waals surface area contributed by atoms with Crippen LogP contribution >= 0.6 is 12.4 Å². The van der Waals surface area contributed by atoms with Crippen molar-refractivity contribution in [1.29, 1.82) is 0 Å². The van der Waals surface area contributed by atoms with Crippen LogP contribution in [0.25, 0.3) is 0 Å². The van der Waals surface area contributed by atoms with E-state index in [0.717, 1.165) is 12.8 Å². The van der Waals surface area contributed by atoms with E-state index in [0.29, 0.717) is 19.0 Å². The minimum Gasteiger partial charge on any atom is -0.330 e. The second-order valence-electron chi connectivity index (χ2n) is 5.63. The van der Waals surface area contributed by atoms with E-state index in [9.17, 15) is 21.6 Å². The predicted molar refractivity (Wildman–Crippen MR) is 83.9 cm³/mol. The lowest BCUT2D eigenvalue weighted by atomic mass is 10.1. The van der Waals surface area contributed by atoms with Crippen molar-refractivity contribution in [1.82, 2.24) is 4.72 Å². The minimum absolute atomic E-state index is 0. The van der Waals surface area contributed by atoms with Gasteiger partial charge in [0.1, 0.15) is 0 Å². The van der Waals surface area contributed by atoms with Crippen LogP contribution in [0.4, 0.5) is 13.2 Å². The zero-order valence-corrected chi connectivity index (χ0v) is 14.2. The van der Waals surface area contributed by atoms with Crippen molar-refractivity contribution in [3.05, 3.63) is 29.3 Å². The van der Waals surface area contributed by atoms with Crippen LogP contribution < -0.4 is 10.5 Å². The zero-order chi connectivity index (χ0) is 16.5. The van der Waals surface area contributed by atoms with Crippen molar-refractivity contribution in [3.63, 3.8) is 0 Å². The molecule has 0 bridgehead atoms. The lowest BCUT2D eigenvalue weighted by Gasteiger charge is -2.20. The molecule has 1 saturated carbocycles. The first-order chi connectivity index (χ1) is 10.1. The third-order valence-electron chi connectivity index (χ3n) is 4.09. The van der Waals surface area contributed by atoms with Crippen molar-refractivity contribution in [3.8, 4) is 0 Å². The molecule has 1 fully saturated rings. The van der Waals surface area contributed by atoms with Gasteiger partial charge in [0.25, 0.3) is 0 Å². The summed E-state index contributed by atoms with van der Waals surface area (Å²) in [6.07, 6.45) is -2.25. The molecule has 0 heterocycles. The molecule has 0 saturated heterocycles. The van der Waals surface area contributed by atoms with Crippen LogP contribution in [0.5, 0.6) is 0 Å². The molecule has 132 valence electrons. The molecule has 1 aliphatic carbocycles. The van der Waals surface area contributed by atoms with Gasteiger partial charge in [0, 0.05) is 6.04 Å². The van der Waals surface area contributed by atoms with E-state index in [1.165, 1.54) is 19.1 Å². The summed E-state index contributed by atoms with van der Waals surface area (Å²) in [5.74, 6) is 0.0299. The number of aryl methyl sites for hydroxylation is 1. The molecule has 3 N–H and O–H groups in total. The number of alkyl halides is 3. The molecule has 4 nitrogen and oxygen atoms in total. The summed E-state index contributed by atoms with van der Waals surface area (Å²) < 4.78 is 65.9. The Bertz CT molecular complexity index is 650. The van der Waals surface area contributed by atoms with Crippen molar-refractivity contribution in [2.45, 2.75) is 43.3 Å². The Morgan fingerprint density at radius 1 is 1.30 bits per heavy atom. The van der Waals surface area contributed by atoms with Gasteiger partial charge in [-0.15, -0.1) is 12.4 Å². The quantitative estimate of drug-likeness (QED) is 0.853. The average Bonchev–Trinajstić information content (AvgIpc) is 2.84. The monoisotopic (exact) mass is 372 g/mol. The van der Waals surface area contributed by atoms with Crippen LogP contribution in [-0.2, 0) is 16.2 Å². The normalized spacial score (nSPS) is 22.0. The summed E-state index contributed by atoms with van der Waals surface area (Å²) in [6.45, 7) is 1.66. The first kappa shape index (κ1) is 20.2. The van der Waals surface area contributed by atoms with E-state index in [-0.39, 0.29) is 34.8 Å². The molecule has 0 amide bonds. The molecular formula is C14H20ClF3N2O2S. The van der Waals surface area contributed by atoms with E-state index in [1.54, 1.807) is 0 Å². The highest BCUT2D eigenvalue weighted by Gasteiger charge is 2.35. The number of halogens is 4. The second-order valence-corrected chi connectivity index (χ2v) is 7.34. The molecular weight excluding hydrogens is 353 g/mol. The highest BCUT2D eigenvalue weighted by atomic mass is 35.5. The Labute approximate surface area is 140 Å². The van der Waals surface area contributed by atoms with Crippen LogP contribution in [0.1, 0.15) is 30.4 Å². The molecule has 9 heteroatoms. The molecule has 0 aromatic heterocycles. The lowest BCUT2D eigenvalue weighted by molar-refractivity contribution is -0.138. The van der Waals surface area contributed by atoms with Crippen LogP contribution in [0, 0.1) is 12.8 Å². The maximum Gasteiger partial charge on any atom is 0.416 e. The smallest absolute Gasteiger partial charge is 0.330 e. The number of nitrogens with two attached hydrogens (primary N) is 1. The molecule has 0 radical (unpaired) electrons. The summed E-state index contributed by atoms with van der Waals surface area (Å²) in [4.78, 5) is -0.368. The fourth-order valence-corrected chi connectivity index (χ4v) is 4.18. The van der Waals surface area contributed by atoms with Crippen LogP contribution in [0.15, 0.2) is 23.1 Å². The van der Waals surface area contributed by atoms with E-state index in [2.05, 4.69) is 4.72 Å². The van der Waals surface area contributed by atoms with Crippen molar-refractivity contribution >= 4 is 22.4 Å². The van der Waals surface area contributed by atoms with Gasteiger partial charge >= 0.3 is 6.18 Å². The molecule has 2 atom stereocenters.